The van der Waals surface area contributed by atoms with E-state index < -0.39 is 4.87 Å². The van der Waals surface area contributed by atoms with Crippen LogP contribution in [0.3, 0.4) is 0 Å². The summed E-state index contributed by atoms with van der Waals surface area (Å²) < 4.78 is 5.23. The van der Waals surface area contributed by atoms with Crippen molar-refractivity contribution < 1.29 is 19.1 Å². The van der Waals surface area contributed by atoms with Gasteiger partial charge in [0.2, 0.25) is 16.7 Å². The number of anilines is 3. The third-order valence-electron chi connectivity index (χ3n) is 5.80. The summed E-state index contributed by atoms with van der Waals surface area (Å²) in [5.41, 5.74) is 2.42. The zero-order valence-electron chi connectivity index (χ0n) is 18.2. The SMILES string of the molecule is COc1ccc(N2C(=O)CS[C@]23C(=O)N(CC(=O)Nc2cccc(Cl)c2)c2ccccc23)cc1. The molecule has 1 spiro atoms. The Kier molecular flexibility index (Phi) is 5.71. The van der Waals surface area contributed by atoms with Crippen molar-refractivity contribution in [3.63, 3.8) is 0 Å². The van der Waals surface area contributed by atoms with Crippen molar-refractivity contribution in [2.45, 2.75) is 4.87 Å². The average molecular weight is 494 g/mol. The summed E-state index contributed by atoms with van der Waals surface area (Å²) in [4.78, 5) is 41.6. The molecule has 1 N–H and O–H groups in total. The molecule has 0 aromatic heterocycles. The molecule has 1 fully saturated rings. The van der Waals surface area contributed by atoms with Crippen molar-refractivity contribution in [1.82, 2.24) is 0 Å². The summed E-state index contributed by atoms with van der Waals surface area (Å²) in [6.45, 7) is -0.199. The summed E-state index contributed by atoms with van der Waals surface area (Å²) >= 11 is 7.28. The molecule has 0 unspecified atom stereocenters. The molecule has 1 atom stereocenters. The van der Waals surface area contributed by atoms with Gasteiger partial charge in [-0.3, -0.25) is 24.2 Å². The third kappa shape index (κ3) is 3.59. The van der Waals surface area contributed by atoms with Gasteiger partial charge in [0.05, 0.1) is 18.6 Å². The standard InChI is InChI=1S/C25H20ClN3O4S/c1-33-19-11-9-18(10-12-19)29-23(31)15-34-25(29)20-7-2-3-8-21(20)28(24(25)32)14-22(30)27-17-6-4-5-16(26)13-17/h2-13H,14-15H2,1H3,(H,27,30)/t25-/m1/s1. The molecule has 0 radical (unpaired) electrons. The number of hydrogen-bond donors (Lipinski definition) is 1. The fourth-order valence-corrected chi connectivity index (χ4v) is 5.90. The summed E-state index contributed by atoms with van der Waals surface area (Å²) in [5, 5.41) is 3.28. The minimum Gasteiger partial charge on any atom is -0.497 e. The molecule has 9 heteroatoms. The molecule has 7 nitrogen and oxygen atoms in total. The molecule has 5 rings (SSSR count). The van der Waals surface area contributed by atoms with Gasteiger partial charge in [0.15, 0.2) is 0 Å². The first kappa shape index (κ1) is 22.3. The Morgan fingerprint density at radius 3 is 2.59 bits per heavy atom. The van der Waals surface area contributed by atoms with Gasteiger partial charge in [-0.2, -0.15) is 0 Å². The van der Waals surface area contributed by atoms with Crippen LogP contribution in [0.25, 0.3) is 0 Å². The van der Waals surface area contributed by atoms with E-state index in [1.54, 1.807) is 61.7 Å². The van der Waals surface area contributed by atoms with Gasteiger partial charge in [-0.1, -0.05) is 35.9 Å². The Labute approximate surface area is 205 Å². The van der Waals surface area contributed by atoms with Crippen LogP contribution in [0.5, 0.6) is 5.75 Å². The molecule has 0 bridgehead atoms. The van der Waals surface area contributed by atoms with Crippen molar-refractivity contribution in [3.8, 4) is 5.75 Å². The van der Waals surface area contributed by atoms with Crippen LogP contribution in [-0.4, -0.2) is 37.1 Å². The van der Waals surface area contributed by atoms with Crippen LogP contribution < -0.4 is 19.9 Å². The quantitative estimate of drug-likeness (QED) is 0.574. The zero-order valence-corrected chi connectivity index (χ0v) is 19.7. The van der Waals surface area contributed by atoms with Crippen molar-refractivity contribution in [3.05, 3.63) is 83.4 Å². The molecule has 3 aromatic carbocycles. The number of nitrogens with one attached hydrogen (secondary N) is 1. The highest BCUT2D eigenvalue weighted by atomic mass is 35.5. The molecule has 3 amide bonds. The monoisotopic (exact) mass is 493 g/mol. The number of rotatable bonds is 5. The Bertz CT molecular complexity index is 1300. The van der Waals surface area contributed by atoms with Crippen LogP contribution in [0.15, 0.2) is 72.8 Å². The highest BCUT2D eigenvalue weighted by molar-refractivity contribution is 8.02. The van der Waals surface area contributed by atoms with Gasteiger partial charge in [-0.15, -0.1) is 11.8 Å². The molecule has 172 valence electrons. The average Bonchev–Trinajstić information content (AvgIpc) is 3.30. The van der Waals surface area contributed by atoms with Gasteiger partial charge in [0.1, 0.15) is 12.3 Å². The van der Waals surface area contributed by atoms with E-state index in [4.69, 9.17) is 16.3 Å². The van der Waals surface area contributed by atoms with Gasteiger partial charge in [-0.25, -0.2) is 0 Å². The van der Waals surface area contributed by atoms with Gasteiger partial charge in [-0.05, 0) is 48.5 Å². The van der Waals surface area contributed by atoms with Gasteiger partial charge < -0.3 is 10.1 Å². The molecule has 3 aromatic rings. The number of hydrogen-bond acceptors (Lipinski definition) is 5. The predicted molar refractivity (Wildman–Crippen MR) is 133 cm³/mol. The maximum Gasteiger partial charge on any atom is 0.269 e. The van der Waals surface area contributed by atoms with Crippen LogP contribution in [0, 0.1) is 0 Å². The van der Waals surface area contributed by atoms with E-state index in [1.165, 1.54) is 21.6 Å². The highest BCUT2D eigenvalue weighted by Gasteiger charge is 2.61. The fourth-order valence-electron chi connectivity index (χ4n) is 4.35. The topological polar surface area (TPSA) is 79.0 Å². The molecule has 0 saturated carbocycles. The van der Waals surface area contributed by atoms with Crippen molar-refractivity contribution in [2.75, 3.05) is 34.5 Å². The number of benzene rings is 3. The van der Waals surface area contributed by atoms with E-state index in [2.05, 4.69) is 5.32 Å². The predicted octanol–water partition coefficient (Wildman–Crippen LogP) is 4.27. The molecule has 2 heterocycles. The first-order valence-corrected chi connectivity index (χ1v) is 11.9. The number of para-hydroxylation sites is 1. The Balaban J connectivity index is 1.50. The molecule has 34 heavy (non-hydrogen) atoms. The smallest absolute Gasteiger partial charge is 0.269 e. The van der Waals surface area contributed by atoms with Crippen molar-refractivity contribution in [1.29, 1.82) is 0 Å². The largest absolute Gasteiger partial charge is 0.497 e. The lowest BCUT2D eigenvalue weighted by molar-refractivity contribution is -0.124. The Hall–Kier alpha value is -3.49. The van der Waals surface area contributed by atoms with Gasteiger partial charge in [0.25, 0.3) is 5.91 Å². The van der Waals surface area contributed by atoms with E-state index in [0.29, 0.717) is 33.4 Å². The Morgan fingerprint density at radius 1 is 1.09 bits per heavy atom. The third-order valence-corrected chi connectivity index (χ3v) is 7.43. The van der Waals surface area contributed by atoms with Crippen LogP contribution >= 0.6 is 23.4 Å². The second kappa shape index (κ2) is 8.70. The van der Waals surface area contributed by atoms with Crippen molar-refractivity contribution >= 4 is 58.1 Å². The number of carbonyl (C=O) groups is 3. The normalized spacial score (nSPS) is 19.0. The first-order valence-electron chi connectivity index (χ1n) is 10.5. The number of ether oxygens (including phenoxy) is 1. The van der Waals surface area contributed by atoms with Crippen LogP contribution in [0.1, 0.15) is 5.56 Å². The summed E-state index contributed by atoms with van der Waals surface area (Å²) in [6.07, 6.45) is 0. The van der Waals surface area contributed by atoms with Crippen LogP contribution in [0.2, 0.25) is 5.02 Å². The molecule has 2 aliphatic heterocycles. The molecular formula is C25H20ClN3O4S. The summed E-state index contributed by atoms with van der Waals surface area (Å²) in [7, 11) is 1.57. The number of carbonyl (C=O) groups excluding carboxylic acids is 3. The number of nitrogens with zero attached hydrogens (tertiary/aromatic N) is 2. The van der Waals surface area contributed by atoms with Gasteiger partial charge >= 0.3 is 0 Å². The van der Waals surface area contributed by atoms with Crippen LogP contribution in [0.4, 0.5) is 17.1 Å². The zero-order chi connectivity index (χ0) is 23.9. The first-order chi connectivity index (χ1) is 16.4. The maximum absolute atomic E-state index is 14.0. The summed E-state index contributed by atoms with van der Waals surface area (Å²) in [5.74, 6) is -0.0817. The second-order valence-corrected chi connectivity index (χ2v) is 9.43. The number of halogens is 1. The van der Waals surface area contributed by atoms with E-state index in [-0.39, 0.29) is 30.0 Å². The van der Waals surface area contributed by atoms with E-state index in [9.17, 15) is 14.4 Å². The Morgan fingerprint density at radius 2 is 1.85 bits per heavy atom. The summed E-state index contributed by atoms with van der Waals surface area (Å²) in [6, 6.07) is 21.1. The van der Waals surface area contributed by atoms with E-state index in [0.717, 1.165) is 0 Å². The lowest BCUT2D eigenvalue weighted by Crippen LogP contribution is -2.50. The second-order valence-electron chi connectivity index (χ2n) is 7.83. The lowest BCUT2D eigenvalue weighted by Gasteiger charge is -2.33. The molecule has 1 saturated heterocycles. The number of fused-ring (bicyclic) bond motifs is 2. The number of thioether (sulfide) groups is 1. The van der Waals surface area contributed by atoms with E-state index >= 15 is 0 Å². The lowest BCUT2D eigenvalue weighted by atomic mass is 10.0. The fraction of sp³-hybridized carbons (Fsp3) is 0.160. The number of amides is 3. The van der Waals surface area contributed by atoms with E-state index in [1.807, 2.05) is 18.2 Å². The maximum atomic E-state index is 14.0. The number of methoxy groups -OCH3 is 1. The van der Waals surface area contributed by atoms with Crippen molar-refractivity contribution in [2.24, 2.45) is 0 Å². The molecular weight excluding hydrogens is 474 g/mol. The minimum absolute atomic E-state index is 0.147. The minimum atomic E-state index is -1.28. The highest BCUT2D eigenvalue weighted by Crippen LogP contribution is 2.55. The van der Waals surface area contributed by atoms with Crippen LogP contribution in [-0.2, 0) is 19.3 Å². The molecule has 2 aliphatic rings. The van der Waals surface area contributed by atoms with Gasteiger partial charge in [0, 0.05) is 22.0 Å². The molecule has 0 aliphatic carbocycles.